The van der Waals surface area contributed by atoms with Crippen LogP contribution in [0.4, 0.5) is 5.69 Å². The normalized spacial score (nSPS) is 11.0. The maximum absolute atomic E-state index is 13.2. The van der Waals surface area contributed by atoms with Gasteiger partial charge in [-0.3, -0.25) is 14.4 Å². The zero-order valence-electron chi connectivity index (χ0n) is 19.7. The number of anilines is 1. The predicted octanol–water partition coefficient (Wildman–Crippen LogP) is 6.72. The molecule has 0 unspecified atom stereocenters. The molecule has 4 rings (SSSR count). The lowest BCUT2D eigenvalue weighted by Crippen LogP contribution is -2.30. The van der Waals surface area contributed by atoms with Gasteiger partial charge in [-0.2, -0.15) is 0 Å². The van der Waals surface area contributed by atoms with E-state index in [0.717, 1.165) is 10.5 Å². The number of benzene rings is 4. The van der Waals surface area contributed by atoms with E-state index < -0.39 is 5.91 Å². The van der Waals surface area contributed by atoms with Gasteiger partial charge in [0.15, 0.2) is 5.78 Å². The van der Waals surface area contributed by atoms with E-state index in [1.54, 1.807) is 72.8 Å². The van der Waals surface area contributed by atoms with Crippen LogP contribution >= 0.6 is 23.4 Å². The summed E-state index contributed by atoms with van der Waals surface area (Å²) in [4.78, 5) is 39.3. The highest BCUT2D eigenvalue weighted by atomic mass is 35.5. The van der Waals surface area contributed by atoms with Gasteiger partial charge in [0, 0.05) is 26.7 Å². The van der Waals surface area contributed by atoms with Crippen LogP contribution in [0, 0.1) is 0 Å². The lowest BCUT2D eigenvalue weighted by atomic mass is 10.1. The first-order valence-corrected chi connectivity index (χ1v) is 12.8. The van der Waals surface area contributed by atoms with E-state index in [0.29, 0.717) is 21.8 Å². The van der Waals surface area contributed by atoms with Crippen molar-refractivity contribution in [2.45, 2.75) is 4.90 Å². The second kappa shape index (κ2) is 12.7. The first kappa shape index (κ1) is 25.9. The van der Waals surface area contributed by atoms with E-state index in [2.05, 4.69) is 10.6 Å². The summed E-state index contributed by atoms with van der Waals surface area (Å²) >= 11 is 7.27. The number of amides is 2. The number of nitrogens with one attached hydrogen (secondary N) is 2. The fraction of sp³-hybridized carbons (Fsp3) is 0.0333. The van der Waals surface area contributed by atoms with Gasteiger partial charge < -0.3 is 10.6 Å². The van der Waals surface area contributed by atoms with Gasteiger partial charge in [-0.05, 0) is 66.2 Å². The van der Waals surface area contributed by atoms with Crippen molar-refractivity contribution in [1.29, 1.82) is 0 Å². The van der Waals surface area contributed by atoms with Crippen LogP contribution < -0.4 is 10.6 Å². The SMILES string of the molecule is O=C(Nc1cccc(SCC(=O)c2ccc(Cl)cc2)c1)/C(=C/c1ccccc1)NC(=O)c1ccccc1. The Morgan fingerprint density at radius 2 is 1.43 bits per heavy atom. The minimum absolute atomic E-state index is 0.0205. The van der Waals surface area contributed by atoms with Crippen molar-refractivity contribution in [2.24, 2.45) is 0 Å². The van der Waals surface area contributed by atoms with E-state index in [9.17, 15) is 14.4 Å². The molecule has 7 heteroatoms. The predicted molar refractivity (Wildman–Crippen MR) is 150 cm³/mol. The van der Waals surface area contributed by atoms with Crippen molar-refractivity contribution in [2.75, 3.05) is 11.1 Å². The second-order valence-electron chi connectivity index (χ2n) is 7.99. The molecule has 184 valence electrons. The molecule has 0 saturated heterocycles. The summed E-state index contributed by atoms with van der Waals surface area (Å²) in [6.45, 7) is 0. The lowest BCUT2D eigenvalue weighted by molar-refractivity contribution is -0.113. The molecular formula is C30H23ClN2O3S. The van der Waals surface area contributed by atoms with E-state index in [-0.39, 0.29) is 23.1 Å². The molecule has 0 radical (unpaired) electrons. The average molecular weight is 527 g/mol. The highest BCUT2D eigenvalue weighted by Gasteiger charge is 2.15. The number of halogens is 1. The van der Waals surface area contributed by atoms with Crippen LogP contribution in [-0.4, -0.2) is 23.4 Å². The third-order valence-electron chi connectivity index (χ3n) is 5.27. The summed E-state index contributed by atoms with van der Waals surface area (Å²) in [5, 5.41) is 6.16. The molecule has 2 N–H and O–H groups in total. The molecule has 0 heterocycles. The Kier molecular flexibility index (Phi) is 8.92. The minimum atomic E-state index is -0.465. The van der Waals surface area contributed by atoms with Crippen LogP contribution in [0.2, 0.25) is 5.02 Å². The second-order valence-corrected chi connectivity index (χ2v) is 9.47. The van der Waals surface area contributed by atoms with E-state index in [4.69, 9.17) is 11.6 Å². The molecule has 0 aliphatic heterocycles. The van der Waals surface area contributed by atoms with Gasteiger partial charge in [0.2, 0.25) is 0 Å². The molecule has 4 aromatic rings. The number of ketones is 1. The largest absolute Gasteiger partial charge is 0.321 e. The average Bonchev–Trinajstić information content (AvgIpc) is 2.93. The van der Waals surface area contributed by atoms with Crippen molar-refractivity contribution in [3.05, 3.63) is 137 Å². The van der Waals surface area contributed by atoms with Gasteiger partial charge >= 0.3 is 0 Å². The Labute approximate surface area is 224 Å². The Hall–Kier alpha value is -4.13. The summed E-state index contributed by atoms with van der Waals surface area (Å²) in [6.07, 6.45) is 1.62. The number of carbonyl (C=O) groups excluding carboxylic acids is 3. The van der Waals surface area contributed by atoms with E-state index >= 15 is 0 Å². The van der Waals surface area contributed by atoms with Crippen LogP contribution in [0.15, 0.2) is 120 Å². The number of carbonyl (C=O) groups is 3. The molecule has 0 saturated carbocycles. The van der Waals surface area contributed by atoms with Crippen LogP contribution in [0.25, 0.3) is 6.08 Å². The number of hydrogen-bond acceptors (Lipinski definition) is 4. The summed E-state index contributed by atoms with van der Waals surface area (Å²) < 4.78 is 0. The van der Waals surface area contributed by atoms with Crippen molar-refractivity contribution in [3.8, 4) is 0 Å². The topological polar surface area (TPSA) is 75.3 Å². The summed E-state index contributed by atoms with van der Waals surface area (Å²) in [5.74, 6) is -0.631. The first-order valence-electron chi connectivity index (χ1n) is 11.4. The zero-order chi connectivity index (χ0) is 26.0. The van der Waals surface area contributed by atoms with Gasteiger partial charge in [-0.1, -0.05) is 66.2 Å². The molecule has 2 amide bonds. The quantitative estimate of drug-likeness (QED) is 0.144. The minimum Gasteiger partial charge on any atom is -0.321 e. The smallest absolute Gasteiger partial charge is 0.272 e. The maximum atomic E-state index is 13.2. The van der Waals surface area contributed by atoms with Gasteiger partial charge in [-0.25, -0.2) is 0 Å². The monoisotopic (exact) mass is 526 g/mol. The third-order valence-corrected chi connectivity index (χ3v) is 6.51. The molecule has 0 fully saturated rings. The maximum Gasteiger partial charge on any atom is 0.272 e. The molecule has 5 nitrogen and oxygen atoms in total. The molecule has 0 bridgehead atoms. The molecule has 0 spiro atoms. The summed E-state index contributed by atoms with van der Waals surface area (Å²) in [6, 6.07) is 32.0. The third kappa shape index (κ3) is 7.67. The number of thioether (sulfide) groups is 1. The van der Waals surface area contributed by atoms with Crippen LogP contribution in [0.3, 0.4) is 0 Å². The fourth-order valence-electron chi connectivity index (χ4n) is 3.39. The molecule has 0 atom stereocenters. The molecule has 0 aromatic heterocycles. The number of Topliss-reactive ketones (excluding diaryl/α,β-unsaturated/α-hetero) is 1. The van der Waals surface area contributed by atoms with Crippen molar-refractivity contribution < 1.29 is 14.4 Å². The van der Waals surface area contributed by atoms with Gasteiger partial charge in [0.05, 0.1) is 5.75 Å². The fourth-order valence-corrected chi connectivity index (χ4v) is 4.36. The Morgan fingerprint density at radius 1 is 0.757 bits per heavy atom. The molecule has 0 aliphatic rings. The first-order chi connectivity index (χ1) is 18.0. The van der Waals surface area contributed by atoms with Gasteiger partial charge in [0.1, 0.15) is 5.70 Å². The van der Waals surface area contributed by atoms with E-state index in [1.807, 2.05) is 42.5 Å². The molecular weight excluding hydrogens is 504 g/mol. The van der Waals surface area contributed by atoms with Crippen LogP contribution in [-0.2, 0) is 4.79 Å². The van der Waals surface area contributed by atoms with Gasteiger partial charge in [0.25, 0.3) is 11.8 Å². The van der Waals surface area contributed by atoms with E-state index in [1.165, 1.54) is 11.8 Å². The Balaban J connectivity index is 1.46. The molecule has 4 aromatic carbocycles. The summed E-state index contributed by atoms with van der Waals surface area (Å²) in [5.41, 5.74) is 2.45. The standard InChI is InChI=1S/C30H23ClN2O3S/c31-24-16-14-22(15-17-24)28(34)20-37-26-13-7-12-25(19-26)32-30(36)27(18-21-8-3-1-4-9-21)33-29(35)23-10-5-2-6-11-23/h1-19H,20H2,(H,32,36)(H,33,35)/b27-18-. The van der Waals surface area contributed by atoms with Crippen LogP contribution in [0.5, 0.6) is 0 Å². The number of rotatable bonds is 9. The highest BCUT2D eigenvalue weighted by Crippen LogP contribution is 2.23. The summed E-state index contributed by atoms with van der Waals surface area (Å²) in [7, 11) is 0. The molecule has 37 heavy (non-hydrogen) atoms. The lowest BCUT2D eigenvalue weighted by Gasteiger charge is -2.12. The van der Waals surface area contributed by atoms with Gasteiger partial charge in [-0.15, -0.1) is 11.8 Å². The Bertz CT molecular complexity index is 1420. The molecule has 0 aliphatic carbocycles. The van der Waals surface area contributed by atoms with Crippen LogP contribution in [0.1, 0.15) is 26.3 Å². The van der Waals surface area contributed by atoms with Crippen molar-refractivity contribution >= 4 is 52.7 Å². The van der Waals surface area contributed by atoms with Crippen molar-refractivity contribution in [1.82, 2.24) is 5.32 Å². The van der Waals surface area contributed by atoms with Crippen molar-refractivity contribution in [3.63, 3.8) is 0 Å². The number of hydrogen-bond donors (Lipinski definition) is 2. The Morgan fingerprint density at radius 3 is 2.14 bits per heavy atom. The zero-order valence-corrected chi connectivity index (χ0v) is 21.3. The highest BCUT2D eigenvalue weighted by molar-refractivity contribution is 8.00.